The Kier molecular flexibility index (Phi) is 20.8. The van der Waals surface area contributed by atoms with Gasteiger partial charge in [0.2, 0.25) is 24.2 Å². The molecule has 56 heavy (non-hydrogen) atoms. The molecule has 2 aliphatic rings. The number of nitrogens with zero attached hydrogens (tertiary/aromatic N) is 5. The number of piperidine rings is 1. The molecule has 304 valence electrons. The van der Waals surface area contributed by atoms with Crippen molar-refractivity contribution in [1.29, 1.82) is 10.5 Å². The van der Waals surface area contributed by atoms with Crippen LogP contribution in [0.25, 0.3) is 5.57 Å². The first-order chi connectivity index (χ1) is 26.7. The van der Waals surface area contributed by atoms with Gasteiger partial charge in [-0.3, -0.25) is 14.4 Å². The topological polar surface area (TPSA) is 183 Å². The molecule has 3 heterocycles. The standard InChI is InChI=1S/C21H29FN4O2.C11H11FN2O.C9H17N3O/c1-14(2)9-19(20(27)24-7-6-23)25-21(28)26-8-4-5-16(13-26)17-10-15(3)11-18(22)12-17;12-11-4-3-9(6-13-11)10-2-1-5-14(7-10)8-15;1-7(2)6-8(11-3)9(13)12-5-4-10/h10-12,14,16,19H,4-5,7-9,13H2,1-3H3,(H,24,27)(H,25,28);3-4,6-8H,1-2,5H2;7-8,11H,5-6H2,1-3H3,(H,12,13). The fraction of sp³-hybridized carbons (Fsp3) is 0.537. The lowest BCUT2D eigenvalue weighted by Crippen LogP contribution is -2.53. The quantitative estimate of drug-likeness (QED) is 0.122. The highest BCUT2D eigenvalue weighted by Crippen LogP contribution is 2.28. The zero-order chi connectivity index (χ0) is 41.6. The van der Waals surface area contributed by atoms with Crippen LogP contribution in [0.3, 0.4) is 0 Å². The van der Waals surface area contributed by atoms with Crippen molar-refractivity contribution in [3.05, 3.63) is 71.2 Å². The normalized spacial score (nSPS) is 16.0. The van der Waals surface area contributed by atoms with Gasteiger partial charge in [0.1, 0.15) is 24.9 Å². The van der Waals surface area contributed by atoms with Gasteiger partial charge in [0.05, 0.1) is 18.2 Å². The Morgan fingerprint density at radius 1 is 0.946 bits per heavy atom. The van der Waals surface area contributed by atoms with Gasteiger partial charge in [0.15, 0.2) is 0 Å². The van der Waals surface area contributed by atoms with Crippen molar-refractivity contribution in [2.24, 2.45) is 11.8 Å². The number of hydrogen-bond acceptors (Lipinski definition) is 8. The van der Waals surface area contributed by atoms with E-state index in [1.54, 1.807) is 29.1 Å². The summed E-state index contributed by atoms with van der Waals surface area (Å²) >= 11 is 0. The molecule has 4 rings (SSSR count). The van der Waals surface area contributed by atoms with Crippen molar-refractivity contribution in [2.75, 3.05) is 39.8 Å². The number of nitriles is 2. The number of nitrogens with one attached hydrogen (secondary N) is 4. The van der Waals surface area contributed by atoms with Crippen molar-refractivity contribution in [1.82, 2.24) is 36.1 Å². The summed E-state index contributed by atoms with van der Waals surface area (Å²) in [6, 6.07) is 10.6. The second kappa shape index (κ2) is 24.9. The molecule has 0 radical (unpaired) electrons. The summed E-state index contributed by atoms with van der Waals surface area (Å²) in [5.41, 5.74) is 3.67. The zero-order valence-corrected chi connectivity index (χ0v) is 33.4. The summed E-state index contributed by atoms with van der Waals surface area (Å²) in [7, 11) is 1.75. The fourth-order valence-corrected chi connectivity index (χ4v) is 6.35. The predicted molar refractivity (Wildman–Crippen MR) is 210 cm³/mol. The molecule has 1 fully saturated rings. The van der Waals surface area contributed by atoms with Crippen LogP contribution in [-0.2, 0) is 14.4 Å². The lowest BCUT2D eigenvalue weighted by molar-refractivity contribution is -0.123. The van der Waals surface area contributed by atoms with Gasteiger partial charge < -0.3 is 31.1 Å². The Hall–Kier alpha value is -5.41. The molecule has 1 aromatic heterocycles. The molecular weight excluding hydrogens is 721 g/mol. The first kappa shape index (κ1) is 46.7. The van der Waals surface area contributed by atoms with E-state index in [1.807, 2.05) is 39.0 Å². The number of aromatic nitrogens is 1. The Morgan fingerprint density at radius 2 is 1.59 bits per heavy atom. The zero-order valence-electron chi connectivity index (χ0n) is 33.4. The first-order valence-electron chi connectivity index (χ1n) is 19.0. The molecule has 4 N–H and O–H groups in total. The smallest absolute Gasteiger partial charge is 0.318 e. The highest BCUT2D eigenvalue weighted by atomic mass is 19.1. The minimum absolute atomic E-state index is 0.0739. The van der Waals surface area contributed by atoms with Gasteiger partial charge in [-0.25, -0.2) is 14.2 Å². The lowest BCUT2D eigenvalue weighted by Gasteiger charge is -2.34. The lowest BCUT2D eigenvalue weighted by atomic mass is 9.90. The van der Waals surface area contributed by atoms with Crippen molar-refractivity contribution < 1.29 is 28.0 Å². The third-order valence-corrected chi connectivity index (χ3v) is 9.04. The number of likely N-dealkylation sites (tertiary alicyclic amines) is 1. The van der Waals surface area contributed by atoms with Crippen LogP contribution >= 0.6 is 0 Å². The van der Waals surface area contributed by atoms with E-state index in [4.69, 9.17) is 10.5 Å². The maximum Gasteiger partial charge on any atom is 0.318 e. The summed E-state index contributed by atoms with van der Waals surface area (Å²) in [5.74, 6) is -0.446. The third-order valence-electron chi connectivity index (χ3n) is 9.04. The van der Waals surface area contributed by atoms with Crippen molar-refractivity contribution in [2.45, 2.75) is 91.1 Å². The third kappa shape index (κ3) is 16.9. The number of carbonyl (C=O) groups is 4. The van der Waals surface area contributed by atoms with Crippen LogP contribution in [0.4, 0.5) is 13.6 Å². The van der Waals surface area contributed by atoms with Crippen LogP contribution in [-0.4, -0.2) is 90.9 Å². The van der Waals surface area contributed by atoms with Crippen LogP contribution < -0.4 is 21.3 Å². The number of benzene rings is 1. The molecule has 2 aromatic rings. The van der Waals surface area contributed by atoms with Gasteiger partial charge in [0, 0.05) is 37.9 Å². The molecule has 0 aliphatic carbocycles. The molecule has 1 aromatic carbocycles. The number of likely N-dealkylation sites (N-methyl/N-ethyl adjacent to an activating group) is 1. The van der Waals surface area contributed by atoms with Crippen molar-refractivity contribution in [3.8, 4) is 12.1 Å². The number of amides is 5. The number of pyridine rings is 1. The molecule has 15 heteroatoms. The maximum atomic E-state index is 13.8. The average Bonchev–Trinajstić information content (AvgIpc) is 3.18. The van der Waals surface area contributed by atoms with Crippen LogP contribution in [0.5, 0.6) is 0 Å². The number of aryl methyl sites for hydroxylation is 1. The Balaban J connectivity index is 0.000000324. The van der Waals surface area contributed by atoms with Crippen LogP contribution in [0.15, 0.2) is 42.7 Å². The highest BCUT2D eigenvalue weighted by molar-refractivity contribution is 5.87. The molecular formula is C41H57F2N9O4. The SMILES string of the molecule is CNC(CC(C)C)C(=O)NCC#N.Cc1cc(F)cc(C2CCCN(C(=O)NC(CC(C)C)C(=O)NCC#N)C2)c1.O=CN1C=C(c2ccc(F)nc2)CCC1. The molecule has 13 nitrogen and oxygen atoms in total. The van der Waals surface area contributed by atoms with E-state index in [0.29, 0.717) is 25.4 Å². The summed E-state index contributed by atoms with van der Waals surface area (Å²) < 4.78 is 26.4. The highest BCUT2D eigenvalue weighted by Gasteiger charge is 2.29. The van der Waals surface area contributed by atoms with E-state index in [-0.39, 0.29) is 54.6 Å². The van der Waals surface area contributed by atoms with Crippen LogP contribution in [0.1, 0.15) is 88.8 Å². The number of hydrogen-bond donors (Lipinski definition) is 4. The second-order valence-electron chi connectivity index (χ2n) is 14.7. The number of urea groups is 1. The van der Waals surface area contributed by atoms with Gasteiger partial charge in [-0.15, -0.1) is 0 Å². The van der Waals surface area contributed by atoms with E-state index in [2.05, 4.69) is 40.1 Å². The van der Waals surface area contributed by atoms with E-state index in [1.165, 1.54) is 24.4 Å². The van der Waals surface area contributed by atoms with Crippen LogP contribution in [0, 0.1) is 53.2 Å². The van der Waals surface area contributed by atoms with Crippen molar-refractivity contribution >= 4 is 29.8 Å². The second-order valence-corrected chi connectivity index (χ2v) is 14.7. The molecule has 3 atom stereocenters. The van der Waals surface area contributed by atoms with Crippen molar-refractivity contribution in [3.63, 3.8) is 0 Å². The monoisotopic (exact) mass is 777 g/mol. The number of allylic oxidation sites excluding steroid dienone is 1. The van der Waals surface area contributed by atoms with E-state index >= 15 is 0 Å². The summed E-state index contributed by atoms with van der Waals surface area (Å²) in [4.78, 5) is 53.9. The minimum atomic E-state index is -0.683. The van der Waals surface area contributed by atoms with E-state index in [9.17, 15) is 28.0 Å². The van der Waals surface area contributed by atoms with Gasteiger partial charge >= 0.3 is 6.03 Å². The average molecular weight is 778 g/mol. The summed E-state index contributed by atoms with van der Waals surface area (Å²) in [6.07, 6.45) is 8.92. The van der Waals surface area contributed by atoms with Gasteiger partial charge in [0.25, 0.3) is 0 Å². The molecule has 0 spiro atoms. The number of halogens is 2. The Morgan fingerprint density at radius 3 is 2.14 bits per heavy atom. The number of rotatable bonds is 13. The van der Waals surface area contributed by atoms with Gasteiger partial charge in [-0.05, 0) is 111 Å². The molecule has 2 aliphatic heterocycles. The molecule has 0 bridgehead atoms. The summed E-state index contributed by atoms with van der Waals surface area (Å²) in [6.45, 7) is 11.7. The van der Waals surface area contributed by atoms with Gasteiger partial charge in [-0.1, -0.05) is 33.8 Å². The Labute approximate surface area is 329 Å². The maximum absolute atomic E-state index is 13.8. The van der Waals surface area contributed by atoms with Crippen LogP contribution in [0.2, 0.25) is 0 Å². The number of carbonyl (C=O) groups excluding carboxylic acids is 4. The molecule has 0 saturated carbocycles. The van der Waals surface area contributed by atoms with E-state index in [0.717, 1.165) is 67.3 Å². The minimum Gasteiger partial charge on any atom is -0.342 e. The largest absolute Gasteiger partial charge is 0.342 e. The molecule has 5 amide bonds. The van der Waals surface area contributed by atoms with Gasteiger partial charge in [-0.2, -0.15) is 14.9 Å². The first-order valence-corrected chi connectivity index (χ1v) is 19.0. The summed E-state index contributed by atoms with van der Waals surface area (Å²) in [5, 5.41) is 27.7. The molecule has 1 saturated heterocycles. The Bertz CT molecular complexity index is 1670. The molecule has 3 unspecified atom stereocenters. The fourth-order valence-electron chi connectivity index (χ4n) is 6.35. The van der Waals surface area contributed by atoms with E-state index < -0.39 is 12.0 Å². The predicted octanol–water partition coefficient (Wildman–Crippen LogP) is 5.15.